The normalized spacial score (nSPS) is 12.7. The number of nitrogens with one attached hydrogen (secondary N) is 1. The maximum Gasteiger partial charge on any atom is 0.0931 e. The summed E-state index contributed by atoms with van der Waals surface area (Å²) < 4.78 is 0.783. The molecule has 1 atom stereocenters. The minimum absolute atomic E-state index is 0.00685. The first-order valence-electron chi connectivity index (χ1n) is 5.41. The van der Waals surface area contributed by atoms with Crippen molar-refractivity contribution in [2.75, 3.05) is 0 Å². The lowest BCUT2D eigenvalue weighted by Gasteiger charge is -2.18. The van der Waals surface area contributed by atoms with Crippen molar-refractivity contribution in [3.05, 3.63) is 56.2 Å². The molecule has 1 heterocycles. The zero-order chi connectivity index (χ0) is 12.4. The van der Waals surface area contributed by atoms with Crippen molar-refractivity contribution < 1.29 is 0 Å². The van der Waals surface area contributed by atoms with E-state index in [0.29, 0.717) is 0 Å². The number of aryl methyl sites for hydroxylation is 1. The van der Waals surface area contributed by atoms with E-state index < -0.39 is 0 Å². The Balaban J connectivity index is 2.45. The van der Waals surface area contributed by atoms with E-state index in [0.717, 1.165) is 9.21 Å². The number of hydrazine groups is 1. The Bertz CT molecular complexity index is 522. The second-order valence-corrected chi connectivity index (χ2v) is 5.78. The molecule has 4 heteroatoms. The third kappa shape index (κ3) is 2.53. The van der Waals surface area contributed by atoms with Gasteiger partial charge < -0.3 is 0 Å². The Kier molecular flexibility index (Phi) is 3.84. The Morgan fingerprint density at radius 1 is 1.24 bits per heavy atom. The molecule has 1 aromatic heterocycles. The number of hydrogen-bond acceptors (Lipinski definition) is 3. The molecule has 1 unspecified atom stereocenters. The molecule has 90 valence electrons. The van der Waals surface area contributed by atoms with Crippen molar-refractivity contribution in [2.24, 2.45) is 5.84 Å². The van der Waals surface area contributed by atoms with Crippen molar-refractivity contribution in [3.8, 4) is 0 Å². The number of benzene rings is 1. The fourth-order valence-corrected chi connectivity index (χ4v) is 3.04. The zero-order valence-corrected chi connectivity index (χ0v) is 11.4. The summed E-state index contributed by atoms with van der Waals surface area (Å²) in [5, 5.41) is 0. The van der Waals surface area contributed by atoms with Crippen molar-refractivity contribution in [1.29, 1.82) is 0 Å². The average molecular weight is 267 g/mol. The van der Waals surface area contributed by atoms with Gasteiger partial charge in [0.25, 0.3) is 0 Å². The van der Waals surface area contributed by atoms with Crippen LogP contribution < -0.4 is 11.3 Å². The largest absolute Gasteiger partial charge is 0.271 e. The van der Waals surface area contributed by atoms with E-state index in [1.54, 1.807) is 11.3 Å². The summed E-state index contributed by atoms with van der Waals surface area (Å²) in [4.78, 5) is 1.13. The van der Waals surface area contributed by atoms with Gasteiger partial charge in [0.2, 0.25) is 0 Å². The molecule has 2 nitrogen and oxygen atoms in total. The molecular formula is C13H15ClN2S. The maximum atomic E-state index is 5.97. The van der Waals surface area contributed by atoms with E-state index in [1.165, 1.54) is 16.7 Å². The van der Waals surface area contributed by atoms with Crippen molar-refractivity contribution in [1.82, 2.24) is 5.43 Å². The molecule has 0 fully saturated rings. The van der Waals surface area contributed by atoms with Gasteiger partial charge in [-0.2, -0.15) is 0 Å². The monoisotopic (exact) mass is 266 g/mol. The molecular weight excluding hydrogens is 252 g/mol. The van der Waals surface area contributed by atoms with Crippen molar-refractivity contribution >= 4 is 22.9 Å². The fourth-order valence-electron chi connectivity index (χ4n) is 1.90. The molecule has 0 radical (unpaired) electrons. The van der Waals surface area contributed by atoms with Crippen LogP contribution in [0.4, 0.5) is 0 Å². The van der Waals surface area contributed by atoms with E-state index in [4.69, 9.17) is 17.4 Å². The molecule has 0 saturated carbocycles. The summed E-state index contributed by atoms with van der Waals surface area (Å²) in [5.41, 5.74) is 6.60. The van der Waals surface area contributed by atoms with Gasteiger partial charge in [-0.1, -0.05) is 29.8 Å². The first-order valence-corrected chi connectivity index (χ1v) is 6.60. The third-order valence-corrected chi connectivity index (χ3v) is 4.30. The van der Waals surface area contributed by atoms with Gasteiger partial charge >= 0.3 is 0 Å². The third-order valence-electron chi connectivity index (χ3n) is 3.00. The highest BCUT2D eigenvalue weighted by molar-refractivity contribution is 7.16. The van der Waals surface area contributed by atoms with Crippen LogP contribution in [0.1, 0.15) is 27.6 Å². The molecule has 17 heavy (non-hydrogen) atoms. The van der Waals surface area contributed by atoms with Gasteiger partial charge in [-0.25, -0.2) is 5.43 Å². The molecule has 0 saturated heterocycles. The van der Waals surface area contributed by atoms with Crippen LogP contribution in [0.2, 0.25) is 4.34 Å². The molecule has 2 aromatic rings. The highest BCUT2D eigenvalue weighted by atomic mass is 35.5. The first kappa shape index (κ1) is 12.6. The topological polar surface area (TPSA) is 38.0 Å². The second kappa shape index (κ2) is 5.19. The van der Waals surface area contributed by atoms with Gasteiger partial charge in [0.15, 0.2) is 0 Å². The van der Waals surface area contributed by atoms with Gasteiger partial charge in [-0.15, -0.1) is 11.3 Å². The van der Waals surface area contributed by atoms with E-state index in [1.807, 2.05) is 12.1 Å². The summed E-state index contributed by atoms with van der Waals surface area (Å²) in [6.07, 6.45) is 0. The van der Waals surface area contributed by atoms with Gasteiger partial charge in [-0.05, 0) is 42.7 Å². The molecule has 0 aliphatic rings. The van der Waals surface area contributed by atoms with Crippen LogP contribution in [0.15, 0.2) is 30.3 Å². The zero-order valence-electron chi connectivity index (χ0n) is 9.83. The molecule has 0 bridgehead atoms. The van der Waals surface area contributed by atoms with Crippen LogP contribution in [0.25, 0.3) is 0 Å². The molecule has 0 aliphatic heterocycles. The van der Waals surface area contributed by atoms with E-state index in [2.05, 4.69) is 37.5 Å². The Hall–Kier alpha value is -0.870. The van der Waals surface area contributed by atoms with E-state index in [-0.39, 0.29) is 6.04 Å². The summed E-state index contributed by atoms with van der Waals surface area (Å²) >= 11 is 7.52. The minimum atomic E-state index is 0.00685. The number of thiophene rings is 1. The quantitative estimate of drug-likeness (QED) is 0.658. The van der Waals surface area contributed by atoms with Gasteiger partial charge in [0.1, 0.15) is 0 Å². The first-order chi connectivity index (χ1) is 8.13. The average Bonchev–Trinajstić information content (AvgIpc) is 2.72. The maximum absolute atomic E-state index is 5.97. The lowest BCUT2D eigenvalue weighted by atomic mass is 9.97. The molecule has 3 N–H and O–H groups in total. The molecule has 0 aliphatic carbocycles. The standard InChI is InChI=1S/C13H15ClN2S/c1-8-4-3-5-10(9(8)2)13(16-15)11-6-7-12(14)17-11/h3-7,13,16H,15H2,1-2H3. The van der Waals surface area contributed by atoms with Crippen LogP contribution in [0, 0.1) is 13.8 Å². The Labute approximate surface area is 110 Å². The van der Waals surface area contributed by atoms with Crippen LogP contribution in [-0.4, -0.2) is 0 Å². The smallest absolute Gasteiger partial charge is 0.0931 e. The lowest BCUT2D eigenvalue weighted by molar-refractivity contribution is 0.642. The molecule has 0 amide bonds. The van der Waals surface area contributed by atoms with Gasteiger partial charge in [-0.3, -0.25) is 5.84 Å². The number of hydrogen-bond donors (Lipinski definition) is 2. The minimum Gasteiger partial charge on any atom is -0.271 e. The van der Waals surface area contributed by atoms with E-state index >= 15 is 0 Å². The predicted molar refractivity (Wildman–Crippen MR) is 74.4 cm³/mol. The number of rotatable bonds is 3. The predicted octanol–water partition coefficient (Wildman–Crippen LogP) is 3.57. The highest BCUT2D eigenvalue weighted by Crippen LogP contribution is 2.32. The number of nitrogens with two attached hydrogens (primary N) is 1. The second-order valence-electron chi connectivity index (χ2n) is 4.03. The Morgan fingerprint density at radius 2 is 2.00 bits per heavy atom. The van der Waals surface area contributed by atoms with Gasteiger partial charge in [0, 0.05) is 4.88 Å². The van der Waals surface area contributed by atoms with Crippen LogP contribution in [0.5, 0.6) is 0 Å². The van der Waals surface area contributed by atoms with Crippen LogP contribution in [-0.2, 0) is 0 Å². The summed E-state index contributed by atoms with van der Waals surface area (Å²) in [6, 6.07) is 10.2. The van der Waals surface area contributed by atoms with Crippen molar-refractivity contribution in [3.63, 3.8) is 0 Å². The lowest BCUT2D eigenvalue weighted by Crippen LogP contribution is -2.28. The molecule has 2 rings (SSSR count). The summed E-state index contributed by atoms with van der Waals surface area (Å²) in [6.45, 7) is 4.22. The van der Waals surface area contributed by atoms with E-state index in [9.17, 15) is 0 Å². The van der Waals surface area contributed by atoms with Crippen molar-refractivity contribution in [2.45, 2.75) is 19.9 Å². The number of halogens is 1. The molecule has 1 aromatic carbocycles. The summed E-state index contributed by atoms with van der Waals surface area (Å²) in [5.74, 6) is 5.68. The fraction of sp³-hybridized carbons (Fsp3) is 0.231. The Morgan fingerprint density at radius 3 is 2.59 bits per heavy atom. The summed E-state index contributed by atoms with van der Waals surface area (Å²) in [7, 11) is 0. The van der Waals surface area contributed by atoms with Crippen LogP contribution >= 0.6 is 22.9 Å². The molecule has 0 spiro atoms. The SMILES string of the molecule is Cc1cccc(C(NN)c2ccc(Cl)s2)c1C. The highest BCUT2D eigenvalue weighted by Gasteiger charge is 2.17. The van der Waals surface area contributed by atoms with Crippen LogP contribution in [0.3, 0.4) is 0 Å². The van der Waals surface area contributed by atoms with Gasteiger partial charge in [0.05, 0.1) is 10.4 Å².